The summed E-state index contributed by atoms with van der Waals surface area (Å²) in [5.74, 6) is -0.0643. The molecule has 4 amide bonds. The number of likely N-dealkylation sites (N-methyl/N-ethyl adjacent to an activating group) is 1. The molecule has 2 rings (SSSR count). The number of ether oxygens (including phenoxy) is 1. The molecule has 1 atom stereocenters. The Bertz CT molecular complexity index is 674. The number of methoxy groups -OCH3 is 1. The van der Waals surface area contributed by atoms with Crippen LogP contribution in [-0.2, 0) is 15.1 Å². The van der Waals surface area contributed by atoms with Crippen molar-refractivity contribution in [2.24, 2.45) is 0 Å². The van der Waals surface area contributed by atoms with Gasteiger partial charge >= 0.3 is 6.03 Å². The number of carbonyl (C=O) groups excluding carboxylic acids is 3. The number of aryl methyl sites for hydroxylation is 1. The summed E-state index contributed by atoms with van der Waals surface area (Å²) in [4.78, 5) is 37.9. The van der Waals surface area contributed by atoms with Gasteiger partial charge in [0.25, 0.3) is 5.91 Å². The van der Waals surface area contributed by atoms with E-state index in [1.165, 1.54) is 0 Å². The Balaban J connectivity index is 2.36. The first kappa shape index (κ1) is 17.8. The van der Waals surface area contributed by atoms with Crippen molar-refractivity contribution >= 4 is 17.8 Å². The van der Waals surface area contributed by atoms with E-state index < -0.39 is 17.5 Å². The Morgan fingerprint density at radius 2 is 2.04 bits per heavy atom. The second kappa shape index (κ2) is 6.90. The van der Waals surface area contributed by atoms with Gasteiger partial charge in [0, 0.05) is 6.54 Å². The van der Waals surface area contributed by atoms with Crippen molar-refractivity contribution in [3.8, 4) is 5.75 Å². The summed E-state index contributed by atoms with van der Waals surface area (Å²) in [5.41, 5.74) is 0.396. The average molecular weight is 333 g/mol. The highest BCUT2D eigenvalue weighted by molar-refractivity contribution is 6.09. The summed E-state index contributed by atoms with van der Waals surface area (Å²) >= 11 is 0. The van der Waals surface area contributed by atoms with Gasteiger partial charge in [-0.15, -0.1) is 0 Å². The summed E-state index contributed by atoms with van der Waals surface area (Å²) < 4.78 is 5.24. The summed E-state index contributed by atoms with van der Waals surface area (Å²) in [7, 11) is 1.58. The molecule has 1 aliphatic rings. The molecule has 24 heavy (non-hydrogen) atoms. The van der Waals surface area contributed by atoms with E-state index in [1.807, 2.05) is 19.9 Å². The fraction of sp³-hybridized carbons (Fsp3) is 0.471. The molecule has 0 radical (unpaired) electrons. The Labute approximate surface area is 141 Å². The fourth-order valence-electron chi connectivity index (χ4n) is 2.95. The third-order valence-electron chi connectivity index (χ3n) is 4.27. The molecule has 1 unspecified atom stereocenters. The van der Waals surface area contributed by atoms with Gasteiger partial charge in [-0.25, -0.2) is 4.79 Å². The van der Waals surface area contributed by atoms with E-state index >= 15 is 0 Å². The second-order valence-electron chi connectivity index (χ2n) is 5.72. The van der Waals surface area contributed by atoms with Crippen molar-refractivity contribution in [3.05, 3.63) is 29.3 Å². The van der Waals surface area contributed by atoms with Gasteiger partial charge in [-0.3, -0.25) is 14.5 Å². The lowest BCUT2D eigenvalue weighted by Crippen LogP contribution is -2.44. The SMILES string of the molecule is CCNC(=O)CN1C(=O)NC(CC)(c2ccc(OC)c(C)c2)C1=O. The molecule has 1 aromatic carbocycles. The summed E-state index contributed by atoms with van der Waals surface area (Å²) in [5, 5.41) is 5.36. The molecule has 7 heteroatoms. The van der Waals surface area contributed by atoms with Gasteiger partial charge < -0.3 is 15.4 Å². The molecular formula is C17H23N3O4. The van der Waals surface area contributed by atoms with Crippen LogP contribution in [0.3, 0.4) is 0 Å². The molecule has 1 saturated heterocycles. The van der Waals surface area contributed by atoms with Crippen LogP contribution in [0.1, 0.15) is 31.4 Å². The Morgan fingerprint density at radius 3 is 2.58 bits per heavy atom. The minimum Gasteiger partial charge on any atom is -0.496 e. The van der Waals surface area contributed by atoms with Crippen molar-refractivity contribution in [2.75, 3.05) is 20.2 Å². The summed E-state index contributed by atoms with van der Waals surface area (Å²) in [6, 6.07) is 4.81. The van der Waals surface area contributed by atoms with Crippen LogP contribution in [0.2, 0.25) is 0 Å². The maximum Gasteiger partial charge on any atom is 0.325 e. The molecule has 0 bridgehead atoms. The molecule has 1 aliphatic heterocycles. The van der Waals surface area contributed by atoms with E-state index in [1.54, 1.807) is 26.2 Å². The third-order valence-corrected chi connectivity index (χ3v) is 4.27. The van der Waals surface area contributed by atoms with Crippen LogP contribution in [0, 0.1) is 6.92 Å². The third kappa shape index (κ3) is 2.93. The van der Waals surface area contributed by atoms with E-state index in [-0.39, 0.29) is 12.5 Å². The highest BCUT2D eigenvalue weighted by Crippen LogP contribution is 2.34. The number of hydrogen-bond donors (Lipinski definition) is 2. The first-order valence-corrected chi connectivity index (χ1v) is 7.95. The number of hydrogen-bond acceptors (Lipinski definition) is 4. The van der Waals surface area contributed by atoms with Crippen molar-refractivity contribution in [1.29, 1.82) is 0 Å². The molecule has 0 aromatic heterocycles. The standard InChI is InChI=1S/C17H23N3O4/c1-5-17(12-7-8-13(24-4)11(3)9-12)15(22)20(16(23)19-17)10-14(21)18-6-2/h7-9H,5-6,10H2,1-4H3,(H,18,21)(H,19,23). The number of urea groups is 1. The van der Waals surface area contributed by atoms with Gasteiger partial charge in [-0.2, -0.15) is 0 Å². The van der Waals surface area contributed by atoms with Gasteiger partial charge in [-0.05, 0) is 43.5 Å². The normalized spacial score (nSPS) is 20.1. The van der Waals surface area contributed by atoms with Gasteiger partial charge in [-0.1, -0.05) is 13.0 Å². The maximum absolute atomic E-state index is 12.9. The maximum atomic E-state index is 12.9. The van der Waals surface area contributed by atoms with Crippen molar-refractivity contribution in [1.82, 2.24) is 15.5 Å². The van der Waals surface area contributed by atoms with Crippen LogP contribution in [-0.4, -0.2) is 42.9 Å². The molecule has 0 spiro atoms. The number of nitrogens with one attached hydrogen (secondary N) is 2. The van der Waals surface area contributed by atoms with Gasteiger partial charge in [0.15, 0.2) is 0 Å². The van der Waals surface area contributed by atoms with Gasteiger partial charge in [0.05, 0.1) is 7.11 Å². The molecule has 0 saturated carbocycles. The number of benzene rings is 1. The van der Waals surface area contributed by atoms with Crippen LogP contribution < -0.4 is 15.4 Å². The first-order valence-electron chi connectivity index (χ1n) is 7.95. The predicted molar refractivity (Wildman–Crippen MR) is 88.6 cm³/mol. The van der Waals surface area contributed by atoms with Gasteiger partial charge in [0.1, 0.15) is 17.8 Å². The number of imide groups is 1. The topological polar surface area (TPSA) is 87.7 Å². The molecule has 1 aromatic rings. The van der Waals surface area contributed by atoms with E-state index in [9.17, 15) is 14.4 Å². The zero-order valence-corrected chi connectivity index (χ0v) is 14.4. The quantitative estimate of drug-likeness (QED) is 0.768. The molecule has 0 aliphatic carbocycles. The molecular weight excluding hydrogens is 310 g/mol. The lowest BCUT2D eigenvalue weighted by Gasteiger charge is -2.26. The first-order chi connectivity index (χ1) is 11.4. The number of amides is 4. The zero-order valence-electron chi connectivity index (χ0n) is 14.4. The zero-order chi connectivity index (χ0) is 17.9. The fourth-order valence-corrected chi connectivity index (χ4v) is 2.95. The highest BCUT2D eigenvalue weighted by Gasteiger charge is 2.51. The van der Waals surface area contributed by atoms with E-state index in [2.05, 4.69) is 10.6 Å². The summed E-state index contributed by atoms with van der Waals surface area (Å²) in [6.45, 7) is 5.64. The average Bonchev–Trinajstić information content (AvgIpc) is 2.80. The predicted octanol–water partition coefficient (Wildman–Crippen LogP) is 1.30. The molecule has 1 heterocycles. The Morgan fingerprint density at radius 1 is 1.33 bits per heavy atom. The number of rotatable bonds is 6. The van der Waals surface area contributed by atoms with Crippen LogP contribution in [0.15, 0.2) is 18.2 Å². The molecule has 130 valence electrons. The number of nitrogens with zero attached hydrogens (tertiary/aromatic N) is 1. The summed E-state index contributed by atoms with van der Waals surface area (Å²) in [6.07, 6.45) is 0.384. The minimum atomic E-state index is -1.15. The van der Waals surface area contributed by atoms with Crippen LogP contribution in [0.5, 0.6) is 5.75 Å². The lowest BCUT2D eigenvalue weighted by atomic mass is 9.86. The van der Waals surface area contributed by atoms with Crippen LogP contribution in [0.4, 0.5) is 4.79 Å². The Kier molecular flexibility index (Phi) is 5.11. The second-order valence-corrected chi connectivity index (χ2v) is 5.72. The van der Waals surface area contributed by atoms with Crippen molar-refractivity contribution in [3.63, 3.8) is 0 Å². The smallest absolute Gasteiger partial charge is 0.325 e. The van der Waals surface area contributed by atoms with Crippen molar-refractivity contribution in [2.45, 2.75) is 32.7 Å². The molecule has 7 nitrogen and oxygen atoms in total. The van der Waals surface area contributed by atoms with Crippen LogP contribution in [0.25, 0.3) is 0 Å². The monoisotopic (exact) mass is 333 g/mol. The molecule has 1 fully saturated rings. The largest absolute Gasteiger partial charge is 0.496 e. The molecule has 2 N–H and O–H groups in total. The van der Waals surface area contributed by atoms with Crippen molar-refractivity contribution < 1.29 is 19.1 Å². The van der Waals surface area contributed by atoms with E-state index in [0.717, 1.165) is 10.5 Å². The van der Waals surface area contributed by atoms with Crippen LogP contribution >= 0.6 is 0 Å². The van der Waals surface area contributed by atoms with E-state index in [4.69, 9.17) is 4.74 Å². The lowest BCUT2D eigenvalue weighted by molar-refractivity contribution is -0.135. The van der Waals surface area contributed by atoms with Gasteiger partial charge in [0.2, 0.25) is 5.91 Å². The Hall–Kier alpha value is -2.57. The number of carbonyl (C=O) groups is 3. The van der Waals surface area contributed by atoms with E-state index in [0.29, 0.717) is 24.3 Å². The minimum absolute atomic E-state index is 0.282. The highest BCUT2D eigenvalue weighted by atomic mass is 16.5.